The van der Waals surface area contributed by atoms with Crippen molar-refractivity contribution in [3.63, 3.8) is 0 Å². The van der Waals surface area contributed by atoms with E-state index < -0.39 is 0 Å². The van der Waals surface area contributed by atoms with Crippen LogP contribution in [-0.4, -0.2) is 17.0 Å². The third-order valence-electron chi connectivity index (χ3n) is 7.15. The van der Waals surface area contributed by atoms with Gasteiger partial charge in [0.15, 0.2) is 0 Å². The molecule has 0 N–H and O–H groups in total. The van der Waals surface area contributed by atoms with E-state index in [4.69, 9.17) is 9.97 Å². The zero-order valence-corrected chi connectivity index (χ0v) is 19.2. The molecule has 3 aromatic heterocycles. The molecule has 160 valence electrons. The summed E-state index contributed by atoms with van der Waals surface area (Å²) in [7, 11) is 0. The summed E-state index contributed by atoms with van der Waals surface area (Å²) in [6, 6.07) is 23.8. The van der Waals surface area contributed by atoms with Crippen LogP contribution in [0.5, 0.6) is 0 Å². The van der Waals surface area contributed by atoms with Crippen LogP contribution in [0.15, 0.2) is 97.0 Å². The molecule has 34 heavy (non-hydrogen) atoms. The van der Waals surface area contributed by atoms with Gasteiger partial charge in [0.05, 0.1) is 21.8 Å². The van der Waals surface area contributed by atoms with Crippen LogP contribution in [0, 0.1) is 0 Å². The van der Waals surface area contributed by atoms with Gasteiger partial charge in [-0.15, -0.1) is 11.3 Å². The second kappa shape index (κ2) is 6.81. The Labute approximate surface area is 201 Å². The highest BCUT2D eigenvalue weighted by Gasteiger charge is 2.50. The molecule has 2 aromatic carbocycles. The van der Waals surface area contributed by atoms with Crippen molar-refractivity contribution in [1.29, 1.82) is 0 Å². The van der Waals surface area contributed by atoms with Crippen LogP contribution in [0.1, 0.15) is 18.5 Å². The molecule has 5 aromatic rings. The summed E-state index contributed by atoms with van der Waals surface area (Å²) < 4.78 is 2.52. The monoisotopic (exact) mass is 454 g/mol. The van der Waals surface area contributed by atoms with E-state index in [0.29, 0.717) is 0 Å². The van der Waals surface area contributed by atoms with Gasteiger partial charge in [-0.05, 0) is 48.6 Å². The molecule has 0 saturated carbocycles. The second-order valence-corrected chi connectivity index (χ2v) is 9.99. The topological polar surface area (TPSA) is 32.3 Å². The van der Waals surface area contributed by atoms with Gasteiger partial charge in [0, 0.05) is 39.1 Å². The van der Waals surface area contributed by atoms with Gasteiger partial charge in [0.2, 0.25) is 0 Å². The summed E-state index contributed by atoms with van der Waals surface area (Å²) in [5, 5.41) is 2.56. The van der Waals surface area contributed by atoms with Crippen molar-refractivity contribution < 1.29 is 0 Å². The van der Waals surface area contributed by atoms with Crippen LogP contribution in [0.3, 0.4) is 0 Å². The molecule has 0 radical (unpaired) electrons. The Bertz CT molecular complexity index is 1700. The maximum absolute atomic E-state index is 5.01. The first-order valence-corrected chi connectivity index (χ1v) is 12.5. The zero-order chi connectivity index (χ0) is 22.2. The fourth-order valence-electron chi connectivity index (χ4n) is 5.79. The summed E-state index contributed by atoms with van der Waals surface area (Å²) in [5.74, 6) is 1.01. The lowest BCUT2D eigenvalue weighted by molar-refractivity contribution is 1.01. The number of para-hydroxylation sites is 2. The Balaban J connectivity index is 1.46. The molecule has 1 aliphatic carbocycles. The van der Waals surface area contributed by atoms with E-state index in [1.54, 1.807) is 0 Å². The molecule has 6 heteroatoms. The van der Waals surface area contributed by atoms with Crippen molar-refractivity contribution in [2.45, 2.75) is 12.8 Å². The minimum atomic E-state index is -0.0223. The van der Waals surface area contributed by atoms with E-state index in [1.807, 2.05) is 23.7 Å². The number of thiophene rings is 1. The summed E-state index contributed by atoms with van der Waals surface area (Å²) in [4.78, 5) is 14.8. The van der Waals surface area contributed by atoms with Crippen LogP contribution in [0.4, 0.5) is 17.2 Å². The van der Waals surface area contributed by atoms with Crippen LogP contribution in [0.25, 0.3) is 25.7 Å². The molecule has 4 nitrogen and oxygen atoms in total. The van der Waals surface area contributed by atoms with Gasteiger partial charge in [-0.25, -0.2) is 4.98 Å². The third-order valence-corrected chi connectivity index (χ3v) is 8.34. The highest BCUT2D eigenvalue weighted by Crippen LogP contribution is 2.51. The van der Waals surface area contributed by atoms with Crippen LogP contribution >= 0.6 is 11.3 Å². The standard InChI is InChI=1S/C28H19BN4S/c1-3-11-22-20(9-1)26-21(10-7-16-30-26)29-32(22)23-12-4-5-13-24(23)33(29)28-27-19(15-17-31-28)18-8-2-6-14-25(18)34-27/h2,4-17H,1,3H2. The Kier molecular flexibility index (Phi) is 3.71. The molecule has 0 atom stereocenters. The maximum atomic E-state index is 5.01. The van der Waals surface area contributed by atoms with Crippen molar-refractivity contribution in [1.82, 2.24) is 9.97 Å². The number of aromatic nitrogens is 2. The zero-order valence-electron chi connectivity index (χ0n) is 18.3. The Morgan fingerprint density at radius 1 is 0.735 bits per heavy atom. The van der Waals surface area contributed by atoms with E-state index in [2.05, 4.69) is 88.5 Å². The van der Waals surface area contributed by atoms with Crippen molar-refractivity contribution in [2.75, 3.05) is 9.62 Å². The number of anilines is 3. The molecular weight excluding hydrogens is 435 g/mol. The molecule has 0 amide bonds. The molecular formula is C28H19BN4S. The second-order valence-electron chi connectivity index (χ2n) is 8.94. The predicted molar refractivity (Wildman–Crippen MR) is 143 cm³/mol. The molecule has 8 rings (SSSR count). The van der Waals surface area contributed by atoms with Crippen molar-refractivity contribution in [2.24, 2.45) is 0 Å². The number of pyridine rings is 2. The van der Waals surface area contributed by atoms with Crippen molar-refractivity contribution in [3.05, 3.63) is 103 Å². The first-order valence-electron chi connectivity index (χ1n) is 11.7. The molecule has 0 unspecified atom stereocenters. The van der Waals surface area contributed by atoms with E-state index in [0.717, 1.165) is 24.4 Å². The first-order chi connectivity index (χ1) is 16.9. The van der Waals surface area contributed by atoms with Crippen LogP contribution in [0.2, 0.25) is 0 Å². The molecule has 0 spiro atoms. The molecule has 2 aliphatic heterocycles. The maximum Gasteiger partial charge on any atom is 0.424 e. The molecule has 0 bridgehead atoms. The molecule has 3 aliphatic rings. The lowest BCUT2D eigenvalue weighted by Gasteiger charge is -2.38. The van der Waals surface area contributed by atoms with E-state index in [1.165, 1.54) is 48.3 Å². The van der Waals surface area contributed by atoms with Gasteiger partial charge < -0.3 is 9.62 Å². The molecule has 0 fully saturated rings. The summed E-state index contributed by atoms with van der Waals surface area (Å²) in [5.41, 5.74) is 7.25. The number of benzene rings is 2. The van der Waals surface area contributed by atoms with E-state index >= 15 is 0 Å². The third kappa shape index (κ3) is 2.33. The van der Waals surface area contributed by atoms with Gasteiger partial charge in [-0.3, -0.25) is 4.98 Å². The Hall–Kier alpha value is -3.90. The number of allylic oxidation sites excluding steroid dienone is 3. The van der Waals surface area contributed by atoms with Gasteiger partial charge >= 0.3 is 6.98 Å². The number of hydrogen-bond donors (Lipinski definition) is 0. The highest BCUT2D eigenvalue weighted by molar-refractivity contribution is 7.26. The number of fused-ring (bicyclic) bond motifs is 11. The van der Waals surface area contributed by atoms with Crippen molar-refractivity contribution >= 4 is 66.7 Å². The fraction of sp³-hybridized carbons (Fsp3) is 0.0714. The van der Waals surface area contributed by atoms with Gasteiger partial charge in [-0.2, -0.15) is 0 Å². The minimum absolute atomic E-state index is 0.0223. The Morgan fingerprint density at radius 3 is 2.50 bits per heavy atom. The molecule has 0 saturated heterocycles. The summed E-state index contributed by atoms with van der Waals surface area (Å²) >= 11 is 1.83. The van der Waals surface area contributed by atoms with E-state index in [9.17, 15) is 0 Å². The minimum Gasteiger partial charge on any atom is -0.360 e. The smallest absolute Gasteiger partial charge is 0.360 e. The predicted octanol–water partition coefficient (Wildman–Crippen LogP) is 6.27. The van der Waals surface area contributed by atoms with E-state index in [-0.39, 0.29) is 6.98 Å². The average Bonchev–Trinajstić information content (AvgIpc) is 3.45. The van der Waals surface area contributed by atoms with Crippen LogP contribution < -0.4 is 15.1 Å². The summed E-state index contributed by atoms with van der Waals surface area (Å²) in [6.07, 6.45) is 10.7. The van der Waals surface area contributed by atoms with Gasteiger partial charge in [0.25, 0.3) is 0 Å². The number of nitrogens with zero attached hydrogens (tertiary/aromatic N) is 4. The van der Waals surface area contributed by atoms with Gasteiger partial charge in [0.1, 0.15) is 5.82 Å². The largest absolute Gasteiger partial charge is 0.424 e. The lowest BCUT2D eigenvalue weighted by Crippen LogP contribution is -2.58. The number of hydrogen-bond acceptors (Lipinski definition) is 5. The fourth-order valence-corrected chi connectivity index (χ4v) is 6.97. The molecule has 5 heterocycles. The lowest BCUT2D eigenvalue weighted by atomic mass is 9.59. The Morgan fingerprint density at radius 2 is 1.56 bits per heavy atom. The van der Waals surface area contributed by atoms with Gasteiger partial charge in [-0.1, -0.05) is 48.6 Å². The average molecular weight is 454 g/mol. The first kappa shape index (κ1) is 18.5. The number of rotatable bonds is 1. The quantitative estimate of drug-likeness (QED) is 0.280. The highest BCUT2D eigenvalue weighted by atomic mass is 32.1. The van der Waals surface area contributed by atoms with Crippen molar-refractivity contribution in [3.8, 4) is 0 Å². The summed E-state index contributed by atoms with van der Waals surface area (Å²) in [6.45, 7) is -0.0223. The van der Waals surface area contributed by atoms with Crippen LogP contribution in [-0.2, 0) is 0 Å². The normalized spacial score (nSPS) is 16.2. The SMILES string of the molecule is C1=C2C(=CCC1)N1B(c3cccnc32)N(c2nccc3c2sc2ccccc23)c2ccccc21.